The Morgan fingerprint density at radius 1 is 1.11 bits per heavy atom. The molecule has 4 rings (SSSR count). The summed E-state index contributed by atoms with van der Waals surface area (Å²) in [6, 6.07) is 4.65. The highest BCUT2D eigenvalue weighted by Crippen LogP contribution is 2.35. The van der Waals surface area contributed by atoms with E-state index < -0.39 is 23.8 Å². The number of rotatable bonds is 3. The second kappa shape index (κ2) is 6.77. The lowest BCUT2D eigenvalue weighted by Crippen LogP contribution is -2.54. The van der Waals surface area contributed by atoms with E-state index in [4.69, 9.17) is 0 Å². The Labute approximate surface area is 156 Å². The minimum absolute atomic E-state index is 0.118. The van der Waals surface area contributed by atoms with Crippen LogP contribution in [0.3, 0.4) is 0 Å². The molecule has 2 unspecified atom stereocenters. The van der Waals surface area contributed by atoms with Gasteiger partial charge < -0.3 is 10.2 Å². The molecule has 0 bridgehead atoms. The lowest BCUT2D eigenvalue weighted by atomic mass is 10.0. The maximum Gasteiger partial charge on any atom is 0.264 e. The number of hydrogen-bond donors (Lipinski definition) is 2. The number of amides is 4. The maximum absolute atomic E-state index is 13.1. The third kappa shape index (κ3) is 2.90. The van der Waals surface area contributed by atoms with Crippen molar-refractivity contribution in [1.82, 2.24) is 15.5 Å². The molecule has 0 saturated carbocycles. The fourth-order valence-corrected chi connectivity index (χ4v) is 4.19. The van der Waals surface area contributed by atoms with Gasteiger partial charge in [0.25, 0.3) is 11.8 Å². The van der Waals surface area contributed by atoms with Gasteiger partial charge in [0.05, 0.1) is 16.8 Å². The molecular formula is C19H22N4O4. The van der Waals surface area contributed by atoms with E-state index in [2.05, 4.69) is 15.5 Å². The number of carbonyl (C=O) groups excluding carboxylic acids is 4. The number of imide groups is 2. The third-order valence-electron chi connectivity index (χ3n) is 5.62. The standard InChI is InChI=1S/C19H22N4O4/c1-20-11-4-3-9-22(10-11)13-6-2-5-12-16(13)19(27)23(18(12)26)14-7-8-15(24)21-17(14)25/h2,5-6,11,14,20H,3-4,7-10H2,1H3,(H,21,24,25). The summed E-state index contributed by atoms with van der Waals surface area (Å²) in [4.78, 5) is 52.8. The minimum atomic E-state index is -0.936. The number of anilines is 1. The Morgan fingerprint density at radius 2 is 1.93 bits per heavy atom. The zero-order valence-corrected chi connectivity index (χ0v) is 15.2. The molecule has 0 aromatic heterocycles. The highest BCUT2D eigenvalue weighted by atomic mass is 16.2. The van der Waals surface area contributed by atoms with Crippen molar-refractivity contribution >= 4 is 29.3 Å². The van der Waals surface area contributed by atoms with Gasteiger partial charge in [-0.05, 0) is 38.4 Å². The minimum Gasteiger partial charge on any atom is -0.369 e. The van der Waals surface area contributed by atoms with Crippen LogP contribution in [0.2, 0.25) is 0 Å². The summed E-state index contributed by atoms with van der Waals surface area (Å²) in [7, 11) is 1.92. The number of hydrogen-bond acceptors (Lipinski definition) is 6. The smallest absolute Gasteiger partial charge is 0.264 e. The van der Waals surface area contributed by atoms with Crippen LogP contribution in [0.1, 0.15) is 46.4 Å². The molecule has 3 aliphatic rings. The van der Waals surface area contributed by atoms with Gasteiger partial charge in [-0.2, -0.15) is 0 Å². The molecule has 142 valence electrons. The van der Waals surface area contributed by atoms with Gasteiger partial charge in [0, 0.05) is 25.6 Å². The number of likely N-dealkylation sites (N-methyl/N-ethyl adjacent to an activating group) is 1. The zero-order valence-electron chi connectivity index (χ0n) is 15.2. The molecule has 0 aliphatic carbocycles. The number of carbonyl (C=O) groups is 4. The largest absolute Gasteiger partial charge is 0.369 e. The molecule has 27 heavy (non-hydrogen) atoms. The topological polar surface area (TPSA) is 98.8 Å². The van der Waals surface area contributed by atoms with Crippen molar-refractivity contribution in [2.24, 2.45) is 0 Å². The van der Waals surface area contributed by atoms with Crippen molar-refractivity contribution in [2.45, 2.75) is 37.8 Å². The summed E-state index contributed by atoms with van der Waals surface area (Å²) in [5.41, 5.74) is 1.43. The Balaban J connectivity index is 1.67. The first-order chi connectivity index (χ1) is 13.0. The van der Waals surface area contributed by atoms with Crippen LogP contribution in [0.25, 0.3) is 0 Å². The van der Waals surface area contributed by atoms with Gasteiger partial charge in [0.2, 0.25) is 11.8 Å². The SMILES string of the molecule is CNC1CCCN(c2cccc3c2C(=O)N(C2CCC(=O)NC2=O)C3=O)C1. The predicted octanol–water partition coefficient (Wildman–Crippen LogP) is 0.276. The number of piperidine rings is 2. The van der Waals surface area contributed by atoms with Gasteiger partial charge >= 0.3 is 0 Å². The van der Waals surface area contributed by atoms with Crippen molar-refractivity contribution in [3.05, 3.63) is 29.3 Å². The molecular weight excluding hydrogens is 348 g/mol. The molecule has 2 fully saturated rings. The third-order valence-corrected chi connectivity index (χ3v) is 5.62. The average Bonchev–Trinajstić information content (AvgIpc) is 2.93. The highest BCUT2D eigenvalue weighted by molar-refractivity contribution is 6.25. The van der Waals surface area contributed by atoms with Crippen molar-refractivity contribution < 1.29 is 19.2 Å². The molecule has 4 amide bonds. The molecule has 1 aromatic carbocycles. The number of fused-ring (bicyclic) bond motifs is 1. The summed E-state index contributed by atoms with van der Waals surface area (Å²) in [5, 5.41) is 5.50. The zero-order chi connectivity index (χ0) is 19.1. The molecule has 1 aromatic rings. The van der Waals surface area contributed by atoms with Gasteiger partial charge in [-0.15, -0.1) is 0 Å². The van der Waals surface area contributed by atoms with Gasteiger partial charge in [0.15, 0.2) is 0 Å². The van der Waals surface area contributed by atoms with Gasteiger partial charge in [0.1, 0.15) is 6.04 Å². The van der Waals surface area contributed by atoms with Crippen molar-refractivity contribution in [2.75, 3.05) is 25.0 Å². The highest BCUT2D eigenvalue weighted by Gasteiger charge is 2.46. The van der Waals surface area contributed by atoms with E-state index in [0.717, 1.165) is 36.5 Å². The maximum atomic E-state index is 13.1. The lowest BCUT2D eigenvalue weighted by molar-refractivity contribution is -0.136. The van der Waals surface area contributed by atoms with E-state index in [9.17, 15) is 19.2 Å². The molecule has 0 radical (unpaired) electrons. The van der Waals surface area contributed by atoms with Crippen LogP contribution in [-0.4, -0.2) is 60.7 Å². The predicted molar refractivity (Wildman–Crippen MR) is 97.4 cm³/mol. The van der Waals surface area contributed by atoms with Crippen molar-refractivity contribution in [1.29, 1.82) is 0 Å². The monoisotopic (exact) mass is 370 g/mol. The number of benzene rings is 1. The Morgan fingerprint density at radius 3 is 2.67 bits per heavy atom. The Kier molecular flexibility index (Phi) is 4.43. The summed E-state index contributed by atoms with van der Waals surface area (Å²) in [5.74, 6) is -1.88. The van der Waals surface area contributed by atoms with E-state index in [0.29, 0.717) is 17.2 Å². The molecule has 0 spiro atoms. The lowest BCUT2D eigenvalue weighted by Gasteiger charge is -2.35. The van der Waals surface area contributed by atoms with Crippen LogP contribution in [0.4, 0.5) is 5.69 Å². The fourth-order valence-electron chi connectivity index (χ4n) is 4.19. The fraction of sp³-hybridized carbons (Fsp3) is 0.474. The molecule has 2 atom stereocenters. The van der Waals surface area contributed by atoms with Gasteiger partial charge in [-0.1, -0.05) is 6.07 Å². The van der Waals surface area contributed by atoms with Crippen molar-refractivity contribution in [3.63, 3.8) is 0 Å². The Bertz CT molecular complexity index is 837. The molecule has 3 aliphatic heterocycles. The normalized spacial score (nSPS) is 25.7. The van der Waals surface area contributed by atoms with Crippen molar-refractivity contribution in [3.8, 4) is 0 Å². The molecule has 3 heterocycles. The summed E-state index contributed by atoms with van der Waals surface area (Å²) in [6.07, 6.45) is 2.34. The Hall–Kier alpha value is -2.74. The molecule has 8 heteroatoms. The van der Waals surface area contributed by atoms with E-state index in [-0.39, 0.29) is 18.7 Å². The van der Waals surface area contributed by atoms with Crippen LogP contribution < -0.4 is 15.5 Å². The van der Waals surface area contributed by atoms with E-state index in [1.54, 1.807) is 12.1 Å². The molecule has 2 saturated heterocycles. The van der Waals surface area contributed by atoms with Gasteiger partial charge in [-0.25, -0.2) is 0 Å². The van der Waals surface area contributed by atoms with Crippen LogP contribution in [0.5, 0.6) is 0 Å². The number of nitrogens with one attached hydrogen (secondary N) is 2. The van der Waals surface area contributed by atoms with E-state index in [1.807, 2.05) is 13.1 Å². The van der Waals surface area contributed by atoms with Crippen LogP contribution in [0, 0.1) is 0 Å². The molecule has 8 nitrogen and oxygen atoms in total. The van der Waals surface area contributed by atoms with Gasteiger partial charge in [-0.3, -0.25) is 29.4 Å². The van der Waals surface area contributed by atoms with E-state index >= 15 is 0 Å². The first kappa shape index (κ1) is 17.7. The summed E-state index contributed by atoms with van der Waals surface area (Å²) >= 11 is 0. The summed E-state index contributed by atoms with van der Waals surface area (Å²) in [6.45, 7) is 1.57. The number of nitrogens with zero attached hydrogens (tertiary/aromatic N) is 2. The first-order valence-electron chi connectivity index (χ1n) is 9.28. The average molecular weight is 370 g/mol. The van der Waals surface area contributed by atoms with Crippen LogP contribution in [-0.2, 0) is 9.59 Å². The quantitative estimate of drug-likeness (QED) is 0.742. The first-order valence-corrected chi connectivity index (χ1v) is 9.28. The van der Waals surface area contributed by atoms with Crippen LogP contribution in [0.15, 0.2) is 18.2 Å². The van der Waals surface area contributed by atoms with E-state index in [1.165, 1.54) is 0 Å². The van der Waals surface area contributed by atoms with Crippen LogP contribution >= 0.6 is 0 Å². The summed E-state index contributed by atoms with van der Waals surface area (Å²) < 4.78 is 0. The second-order valence-electron chi connectivity index (χ2n) is 7.22. The second-order valence-corrected chi connectivity index (χ2v) is 7.22. The molecule has 2 N–H and O–H groups in total.